The molecule has 0 saturated heterocycles. The van der Waals surface area contributed by atoms with Gasteiger partial charge in [0.05, 0.1) is 11.6 Å². The molecule has 3 nitrogen and oxygen atoms in total. The minimum Gasteiger partial charge on any atom is -0.490 e. The van der Waals surface area contributed by atoms with Crippen LogP contribution < -0.4 is 14.8 Å². The van der Waals surface area contributed by atoms with Crippen molar-refractivity contribution in [1.29, 1.82) is 0 Å². The van der Waals surface area contributed by atoms with Crippen molar-refractivity contribution >= 4 is 23.2 Å². The Hall–Kier alpha value is -2.20. The largest absolute Gasteiger partial charge is 0.490 e. The molecule has 0 aliphatic heterocycles. The third-order valence-corrected chi connectivity index (χ3v) is 5.07. The summed E-state index contributed by atoms with van der Waals surface area (Å²) in [6, 6.07) is 22.0. The summed E-state index contributed by atoms with van der Waals surface area (Å²) in [4.78, 5) is 0. The third kappa shape index (κ3) is 6.14. The fourth-order valence-electron chi connectivity index (χ4n) is 3.04. The van der Waals surface area contributed by atoms with E-state index in [9.17, 15) is 0 Å². The number of hydrogen-bond acceptors (Lipinski definition) is 3. The molecule has 0 aliphatic carbocycles. The summed E-state index contributed by atoms with van der Waals surface area (Å²) in [6.07, 6.45) is 0. The van der Waals surface area contributed by atoms with Crippen LogP contribution in [-0.4, -0.2) is 6.61 Å². The second kappa shape index (κ2) is 10.5. The summed E-state index contributed by atoms with van der Waals surface area (Å²) in [5.74, 6) is 1.19. The Labute approximate surface area is 182 Å². The second-order valence-corrected chi connectivity index (χ2v) is 7.61. The quantitative estimate of drug-likeness (QED) is 0.404. The number of nitrogens with one attached hydrogen (secondary N) is 1. The van der Waals surface area contributed by atoms with Crippen molar-refractivity contribution in [2.45, 2.75) is 33.0 Å². The monoisotopic (exact) mass is 429 g/mol. The Morgan fingerprint density at radius 2 is 1.69 bits per heavy atom. The normalized spacial score (nSPS) is 11.9. The lowest BCUT2D eigenvalue weighted by Crippen LogP contribution is -2.18. The van der Waals surface area contributed by atoms with Crippen LogP contribution in [0.4, 0.5) is 0 Å². The molecule has 0 radical (unpaired) electrons. The minimum absolute atomic E-state index is 0.226. The summed E-state index contributed by atoms with van der Waals surface area (Å²) in [7, 11) is 0. The molecule has 0 amide bonds. The zero-order valence-electron chi connectivity index (χ0n) is 16.6. The SMILES string of the molecule is CCOc1cc(CN[C@@H](C)c2ccccc2)cc(Cl)c1OCc1cccc(Cl)c1. The molecule has 1 atom stereocenters. The Morgan fingerprint density at radius 1 is 0.897 bits per heavy atom. The molecule has 0 saturated carbocycles. The summed E-state index contributed by atoms with van der Waals surface area (Å²) in [5, 5.41) is 4.73. The van der Waals surface area contributed by atoms with Gasteiger partial charge in [-0.1, -0.05) is 65.7 Å². The van der Waals surface area contributed by atoms with Gasteiger partial charge in [0.15, 0.2) is 11.5 Å². The van der Waals surface area contributed by atoms with E-state index in [4.69, 9.17) is 32.7 Å². The highest BCUT2D eigenvalue weighted by Gasteiger charge is 2.14. The van der Waals surface area contributed by atoms with Gasteiger partial charge in [-0.3, -0.25) is 0 Å². The van der Waals surface area contributed by atoms with Gasteiger partial charge in [0.2, 0.25) is 0 Å². The van der Waals surface area contributed by atoms with Gasteiger partial charge in [-0.25, -0.2) is 0 Å². The molecule has 29 heavy (non-hydrogen) atoms. The first kappa shape index (κ1) is 21.5. The van der Waals surface area contributed by atoms with Gasteiger partial charge in [-0.05, 0) is 54.8 Å². The van der Waals surface area contributed by atoms with Crippen molar-refractivity contribution in [1.82, 2.24) is 5.32 Å². The lowest BCUT2D eigenvalue weighted by atomic mass is 10.1. The Kier molecular flexibility index (Phi) is 7.82. The second-order valence-electron chi connectivity index (χ2n) is 6.77. The van der Waals surface area contributed by atoms with E-state index in [-0.39, 0.29) is 6.04 Å². The highest BCUT2D eigenvalue weighted by atomic mass is 35.5. The molecule has 0 unspecified atom stereocenters. The van der Waals surface area contributed by atoms with Gasteiger partial charge >= 0.3 is 0 Å². The Morgan fingerprint density at radius 3 is 2.41 bits per heavy atom. The van der Waals surface area contributed by atoms with E-state index in [0.29, 0.717) is 41.3 Å². The number of benzene rings is 3. The molecule has 5 heteroatoms. The molecule has 3 aromatic rings. The standard InChI is InChI=1S/C24H25Cl2NO2/c1-3-28-23-14-19(15-27-17(2)20-9-5-4-6-10-20)13-22(26)24(23)29-16-18-8-7-11-21(25)12-18/h4-14,17,27H,3,15-16H2,1-2H3/t17-/m0/s1. The highest BCUT2D eigenvalue weighted by Crippen LogP contribution is 2.37. The molecule has 0 bridgehead atoms. The molecule has 1 N–H and O–H groups in total. The van der Waals surface area contributed by atoms with E-state index < -0.39 is 0 Å². The molecule has 3 rings (SSSR count). The maximum absolute atomic E-state index is 6.54. The maximum Gasteiger partial charge on any atom is 0.180 e. The van der Waals surface area contributed by atoms with Crippen LogP contribution in [0.3, 0.4) is 0 Å². The van der Waals surface area contributed by atoms with Crippen molar-refractivity contribution in [3.63, 3.8) is 0 Å². The topological polar surface area (TPSA) is 30.5 Å². The first-order chi connectivity index (χ1) is 14.1. The molecule has 3 aromatic carbocycles. The predicted molar refractivity (Wildman–Crippen MR) is 120 cm³/mol. The van der Waals surface area contributed by atoms with E-state index in [1.54, 1.807) is 0 Å². The van der Waals surface area contributed by atoms with E-state index in [1.165, 1.54) is 5.56 Å². The van der Waals surface area contributed by atoms with E-state index in [2.05, 4.69) is 24.4 Å². The van der Waals surface area contributed by atoms with Crippen LogP contribution in [-0.2, 0) is 13.2 Å². The summed E-state index contributed by atoms with van der Waals surface area (Å²) in [5.41, 5.74) is 3.25. The van der Waals surface area contributed by atoms with E-state index in [1.807, 2.05) is 61.5 Å². The van der Waals surface area contributed by atoms with Crippen LogP contribution in [0.2, 0.25) is 10.0 Å². The Balaban J connectivity index is 1.71. The van der Waals surface area contributed by atoms with E-state index >= 15 is 0 Å². The summed E-state index contributed by atoms with van der Waals surface area (Å²) >= 11 is 12.6. The lowest BCUT2D eigenvalue weighted by molar-refractivity contribution is 0.269. The van der Waals surface area contributed by atoms with Crippen LogP contribution in [0.25, 0.3) is 0 Å². The fourth-order valence-corrected chi connectivity index (χ4v) is 3.54. The number of halogens is 2. The molecular formula is C24H25Cl2NO2. The van der Waals surface area contributed by atoms with E-state index in [0.717, 1.165) is 11.1 Å². The molecular weight excluding hydrogens is 405 g/mol. The highest BCUT2D eigenvalue weighted by molar-refractivity contribution is 6.32. The van der Waals surface area contributed by atoms with Crippen LogP contribution >= 0.6 is 23.2 Å². The third-order valence-electron chi connectivity index (χ3n) is 4.55. The average Bonchev–Trinajstić information content (AvgIpc) is 2.72. The van der Waals surface area contributed by atoms with Crippen molar-refractivity contribution in [3.05, 3.63) is 93.5 Å². The maximum atomic E-state index is 6.54. The average molecular weight is 430 g/mol. The van der Waals surface area contributed by atoms with Gasteiger partial charge in [-0.2, -0.15) is 0 Å². The van der Waals surface area contributed by atoms with Crippen molar-refractivity contribution in [2.24, 2.45) is 0 Å². The van der Waals surface area contributed by atoms with Crippen molar-refractivity contribution in [3.8, 4) is 11.5 Å². The fraction of sp³-hybridized carbons (Fsp3) is 0.250. The van der Waals surface area contributed by atoms with Crippen LogP contribution in [0, 0.1) is 0 Å². The van der Waals surface area contributed by atoms with Crippen LogP contribution in [0.1, 0.15) is 36.6 Å². The molecule has 0 heterocycles. The van der Waals surface area contributed by atoms with Gasteiger partial charge < -0.3 is 14.8 Å². The zero-order chi connectivity index (χ0) is 20.6. The molecule has 0 aromatic heterocycles. The van der Waals surface area contributed by atoms with Crippen LogP contribution in [0.15, 0.2) is 66.7 Å². The first-order valence-corrected chi connectivity index (χ1v) is 10.4. The van der Waals surface area contributed by atoms with Crippen LogP contribution in [0.5, 0.6) is 11.5 Å². The van der Waals surface area contributed by atoms with Crippen molar-refractivity contribution < 1.29 is 9.47 Å². The molecule has 0 aliphatic rings. The molecule has 0 spiro atoms. The first-order valence-electron chi connectivity index (χ1n) is 9.67. The lowest BCUT2D eigenvalue weighted by Gasteiger charge is -2.18. The number of rotatable bonds is 9. The predicted octanol–water partition coefficient (Wildman–Crippen LogP) is 6.82. The summed E-state index contributed by atoms with van der Waals surface area (Å²) in [6.45, 7) is 5.65. The zero-order valence-corrected chi connectivity index (χ0v) is 18.1. The molecule has 0 fully saturated rings. The van der Waals surface area contributed by atoms with Gasteiger partial charge in [0.25, 0.3) is 0 Å². The Bertz CT molecular complexity index is 931. The minimum atomic E-state index is 0.226. The number of hydrogen-bond donors (Lipinski definition) is 1. The van der Waals surface area contributed by atoms with Gasteiger partial charge in [-0.15, -0.1) is 0 Å². The summed E-state index contributed by atoms with van der Waals surface area (Å²) < 4.78 is 11.8. The molecule has 152 valence electrons. The smallest absolute Gasteiger partial charge is 0.180 e. The van der Waals surface area contributed by atoms with Crippen molar-refractivity contribution in [2.75, 3.05) is 6.61 Å². The van der Waals surface area contributed by atoms with Gasteiger partial charge in [0.1, 0.15) is 6.61 Å². The van der Waals surface area contributed by atoms with Gasteiger partial charge in [0, 0.05) is 17.6 Å². The number of ether oxygens (including phenoxy) is 2.